The summed E-state index contributed by atoms with van der Waals surface area (Å²) >= 11 is 5.42. The summed E-state index contributed by atoms with van der Waals surface area (Å²) in [4.78, 5) is 6.85. The molecule has 2 nitrogen and oxygen atoms in total. The van der Waals surface area contributed by atoms with Gasteiger partial charge in [-0.15, -0.1) is 17.0 Å². The van der Waals surface area contributed by atoms with Crippen molar-refractivity contribution in [1.82, 2.24) is 4.90 Å². The molecule has 2 heterocycles. The van der Waals surface area contributed by atoms with Gasteiger partial charge in [-0.05, 0) is 38.5 Å². The summed E-state index contributed by atoms with van der Waals surface area (Å²) < 4.78 is 1.17. The highest BCUT2D eigenvalue weighted by atomic mass is 79.9. The van der Waals surface area contributed by atoms with Crippen LogP contribution in [0.1, 0.15) is 5.56 Å². The van der Waals surface area contributed by atoms with E-state index in [1.54, 1.807) is 11.8 Å². The summed E-state index contributed by atoms with van der Waals surface area (Å²) in [5.41, 5.74) is 2.54. The maximum Gasteiger partial charge on any atom is 0.169 e. The van der Waals surface area contributed by atoms with Crippen LogP contribution >= 0.6 is 44.7 Å². The number of nitrogens with zero attached hydrogens (tertiary/aromatic N) is 2. The average molecular weight is 412 g/mol. The SMILES string of the molecule is Br.BrC1=C(c2cccc3ccccc23)N2CCN=C2S1. The fourth-order valence-electron chi connectivity index (χ4n) is 2.64. The van der Waals surface area contributed by atoms with Gasteiger partial charge in [0.2, 0.25) is 0 Å². The Morgan fingerprint density at radius 3 is 2.80 bits per heavy atom. The topological polar surface area (TPSA) is 15.6 Å². The van der Waals surface area contributed by atoms with Gasteiger partial charge in [-0.3, -0.25) is 4.99 Å². The minimum atomic E-state index is 0. The van der Waals surface area contributed by atoms with Crippen LogP contribution < -0.4 is 0 Å². The number of benzene rings is 2. The highest BCUT2D eigenvalue weighted by Gasteiger charge is 2.32. The third kappa shape index (κ3) is 2.12. The van der Waals surface area contributed by atoms with Crippen molar-refractivity contribution in [2.45, 2.75) is 0 Å². The summed E-state index contributed by atoms with van der Waals surface area (Å²) in [6.45, 7) is 1.88. The van der Waals surface area contributed by atoms with Crippen LogP contribution in [-0.4, -0.2) is 23.2 Å². The molecule has 2 aliphatic heterocycles. The van der Waals surface area contributed by atoms with Crippen molar-refractivity contribution in [2.24, 2.45) is 4.99 Å². The Bertz CT molecular complexity index is 734. The van der Waals surface area contributed by atoms with E-state index in [-0.39, 0.29) is 17.0 Å². The normalized spacial score (nSPS) is 17.2. The lowest BCUT2D eigenvalue weighted by Crippen LogP contribution is -2.20. The summed E-state index contributed by atoms with van der Waals surface area (Å²) in [6.07, 6.45) is 0. The zero-order chi connectivity index (χ0) is 12.8. The number of thioether (sulfide) groups is 1. The van der Waals surface area contributed by atoms with E-state index >= 15 is 0 Å². The summed E-state index contributed by atoms with van der Waals surface area (Å²) in [6, 6.07) is 15.0. The Balaban J connectivity index is 0.00000121. The van der Waals surface area contributed by atoms with Gasteiger partial charge in [0, 0.05) is 12.1 Å². The Hall–Kier alpha value is -0.780. The fraction of sp³-hybridized carbons (Fsp3) is 0.133. The molecular weight excluding hydrogens is 400 g/mol. The molecule has 5 heteroatoms. The second-order valence-electron chi connectivity index (χ2n) is 4.57. The molecule has 0 atom stereocenters. The van der Waals surface area contributed by atoms with E-state index in [0.29, 0.717) is 0 Å². The molecule has 102 valence electrons. The van der Waals surface area contributed by atoms with Crippen molar-refractivity contribution in [3.05, 3.63) is 51.8 Å². The third-order valence-corrected chi connectivity index (χ3v) is 5.25. The van der Waals surface area contributed by atoms with Crippen LogP contribution in [0.15, 0.2) is 51.3 Å². The summed E-state index contributed by atoms with van der Waals surface area (Å²) in [5.74, 6) is 0. The first-order valence-electron chi connectivity index (χ1n) is 6.22. The zero-order valence-corrected chi connectivity index (χ0v) is 14.7. The van der Waals surface area contributed by atoms with Gasteiger partial charge >= 0.3 is 0 Å². The van der Waals surface area contributed by atoms with E-state index in [4.69, 9.17) is 0 Å². The molecule has 2 aromatic carbocycles. The molecule has 2 aromatic rings. The van der Waals surface area contributed by atoms with Crippen LogP contribution in [-0.2, 0) is 0 Å². The third-order valence-electron chi connectivity index (χ3n) is 3.48. The smallest absolute Gasteiger partial charge is 0.169 e. The lowest BCUT2D eigenvalue weighted by molar-refractivity contribution is 0.650. The average Bonchev–Trinajstić information content (AvgIpc) is 2.98. The van der Waals surface area contributed by atoms with Crippen molar-refractivity contribution < 1.29 is 0 Å². The zero-order valence-electron chi connectivity index (χ0n) is 10.5. The lowest BCUT2D eigenvalue weighted by atomic mass is 10.0. The molecule has 0 bridgehead atoms. The Morgan fingerprint density at radius 1 is 1.10 bits per heavy atom. The van der Waals surface area contributed by atoms with E-state index in [2.05, 4.69) is 68.3 Å². The Morgan fingerprint density at radius 2 is 1.90 bits per heavy atom. The van der Waals surface area contributed by atoms with Crippen molar-refractivity contribution in [2.75, 3.05) is 13.1 Å². The molecular formula is C15H12Br2N2S. The van der Waals surface area contributed by atoms with Crippen molar-refractivity contribution >= 4 is 66.3 Å². The number of aliphatic imine (C=N–C) groups is 1. The summed E-state index contributed by atoms with van der Waals surface area (Å²) in [5, 5.41) is 3.70. The van der Waals surface area contributed by atoms with Crippen LogP contribution in [0.5, 0.6) is 0 Å². The van der Waals surface area contributed by atoms with E-state index in [1.165, 1.54) is 25.8 Å². The molecule has 0 unspecified atom stereocenters. The van der Waals surface area contributed by atoms with E-state index in [1.807, 2.05) is 0 Å². The lowest BCUT2D eigenvalue weighted by Gasteiger charge is -2.18. The van der Waals surface area contributed by atoms with E-state index < -0.39 is 0 Å². The minimum Gasteiger partial charge on any atom is -0.317 e. The highest BCUT2D eigenvalue weighted by molar-refractivity contribution is 9.14. The van der Waals surface area contributed by atoms with Gasteiger partial charge < -0.3 is 4.90 Å². The van der Waals surface area contributed by atoms with Gasteiger partial charge in [0.05, 0.1) is 16.1 Å². The largest absolute Gasteiger partial charge is 0.317 e. The number of hydrogen-bond donors (Lipinski definition) is 0. The molecule has 0 aromatic heterocycles. The van der Waals surface area contributed by atoms with Gasteiger partial charge in [0.15, 0.2) is 5.17 Å². The maximum atomic E-state index is 4.54. The molecule has 2 aliphatic rings. The van der Waals surface area contributed by atoms with Crippen LogP contribution in [0.2, 0.25) is 0 Å². The quantitative estimate of drug-likeness (QED) is 0.665. The highest BCUT2D eigenvalue weighted by Crippen LogP contribution is 2.45. The predicted octanol–water partition coefficient (Wildman–Crippen LogP) is 4.86. The van der Waals surface area contributed by atoms with Crippen LogP contribution in [0.25, 0.3) is 16.5 Å². The first kappa shape index (κ1) is 14.2. The molecule has 0 saturated heterocycles. The van der Waals surface area contributed by atoms with Gasteiger partial charge in [0.1, 0.15) is 0 Å². The first-order chi connectivity index (χ1) is 9.34. The van der Waals surface area contributed by atoms with Crippen molar-refractivity contribution in [3.63, 3.8) is 0 Å². The van der Waals surface area contributed by atoms with Gasteiger partial charge in [-0.2, -0.15) is 0 Å². The molecule has 20 heavy (non-hydrogen) atoms. The number of amidine groups is 1. The second-order valence-corrected chi connectivity index (χ2v) is 6.86. The standard InChI is InChI=1S/C15H11BrN2S.BrH/c16-14-13(18-9-8-17-15(18)19-14)12-7-3-5-10-4-1-2-6-11(10)12;/h1-7H,8-9H2;1H. The fourth-order valence-corrected chi connectivity index (χ4v) is 4.43. The Kier molecular flexibility index (Phi) is 3.93. The number of rotatable bonds is 1. The molecule has 0 N–H and O–H groups in total. The van der Waals surface area contributed by atoms with E-state index in [9.17, 15) is 0 Å². The van der Waals surface area contributed by atoms with Crippen molar-refractivity contribution in [1.29, 1.82) is 0 Å². The molecule has 0 radical (unpaired) electrons. The predicted molar refractivity (Wildman–Crippen MR) is 96.7 cm³/mol. The molecule has 0 saturated carbocycles. The molecule has 0 aliphatic carbocycles. The minimum absolute atomic E-state index is 0. The number of halogens is 2. The first-order valence-corrected chi connectivity index (χ1v) is 7.83. The Labute approximate surface area is 140 Å². The summed E-state index contributed by atoms with van der Waals surface area (Å²) in [7, 11) is 0. The van der Waals surface area contributed by atoms with E-state index in [0.717, 1.165) is 18.3 Å². The number of hydrogen-bond acceptors (Lipinski definition) is 3. The van der Waals surface area contributed by atoms with Crippen molar-refractivity contribution in [3.8, 4) is 0 Å². The second kappa shape index (κ2) is 5.54. The molecule has 0 fully saturated rings. The monoisotopic (exact) mass is 410 g/mol. The number of fused-ring (bicyclic) bond motifs is 2. The molecule has 0 spiro atoms. The van der Waals surface area contributed by atoms with Crippen LogP contribution in [0.4, 0.5) is 0 Å². The van der Waals surface area contributed by atoms with Gasteiger partial charge in [-0.1, -0.05) is 42.5 Å². The van der Waals surface area contributed by atoms with Gasteiger partial charge in [0.25, 0.3) is 0 Å². The van der Waals surface area contributed by atoms with Gasteiger partial charge in [-0.25, -0.2) is 0 Å². The maximum absolute atomic E-state index is 4.54. The molecule has 0 amide bonds. The molecule has 4 rings (SSSR count). The van der Waals surface area contributed by atoms with Crippen LogP contribution in [0, 0.1) is 0 Å². The van der Waals surface area contributed by atoms with Crippen LogP contribution in [0.3, 0.4) is 0 Å².